The molecule has 0 aliphatic heterocycles. The first-order valence-corrected chi connectivity index (χ1v) is 3.41. The maximum absolute atomic E-state index is 10.5. The van der Waals surface area contributed by atoms with Crippen molar-refractivity contribution in [1.29, 1.82) is 0 Å². The fraction of sp³-hybridized carbons (Fsp3) is 0. The van der Waals surface area contributed by atoms with Crippen LogP contribution in [0.2, 0.25) is 0 Å². The summed E-state index contributed by atoms with van der Waals surface area (Å²) in [7, 11) is 0. The van der Waals surface area contributed by atoms with Crippen molar-refractivity contribution >= 4 is 5.69 Å². The fourth-order valence-corrected chi connectivity index (χ4v) is 0.968. The normalized spacial score (nSPS) is 10.2. The van der Waals surface area contributed by atoms with Gasteiger partial charge in [-0.1, -0.05) is 5.16 Å². The van der Waals surface area contributed by atoms with Crippen LogP contribution in [-0.4, -0.2) is 10.1 Å². The summed E-state index contributed by atoms with van der Waals surface area (Å²) in [5.41, 5.74) is 0.200. The minimum Gasteiger partial charge on any atom is -0.455 e. The van der Waals surface area contributed by atoms with Gasteiger partial charge in [0.15, 0.2) is 5.69 Å². The summed E-state index contributed by atoms with van der Waals surface area (Å²) in [6.07, 6.45) is 2.56. The Kier molecular flexibility index (Phi) is 1.59. The van der Waals surface area contributed by atoms with Crippen molar-refractivity contribution in [2.24, 2.45) is 0 Å². The highest BCUT2D eigenvalue weighted by molar-refractivity contribution is 5.63. The van der Waals surface area contributed by atoms with Crippen molar-refractivity contribution in [3.63, 3.8) is 0 Å². The second-order valence-electron chi connectivity index (χ2n) is 2.28. The van der Waals surface area contributed by atoms with E-state index in [0.717, 1.165) is 0 Å². The van der Waals surface area contributed by atoms with E-state index in [-0.39, 0.29) is 11.4 Å². The van der Waals surface area contributed by atoms with Crippen molar-refractivity contribution in [2.75, 3.05) is 0 Å². The minimum absolute atomic E-state index is 0.110. The van der Waals surface area contributed by atoms with Crippen LogP contribution in [0.3, 0.4) is 0 Å². The quantitative estimate of drug-likeness (QED) is 0.520. The Morgan fingerprint density at radius 3 is 2.85 bits per heavy atom. The van der Waals surface area contributed by atoms with Crippen molar-refractivity contribution in [3.8, 4) is 11.5 Å². The number of hydrogen-bond acceptors (Lipinski definition) is 5. The summed E-state index contributed by atoms with van der Waals surface area (Å²) in [5.74, 6) is 0.110. The Labute approximate surface area is 71.9 Å². The molecule has 6 heteroatoms. The molecule has 0 unspecified atom stereocenters. The summed E-state index contributed by atoms with van der Waals surface area (Å²) in [5, 5.41) is 14.0. The van der Waals surface area contributed by atoms with E-state index in [4.69, 9.17) is 4.42 Å². The van der Waals surface area contributed by atoms with E-state index in [1.54, 1.807) is 0 Å². The topological polar surface area (TPSA) is 82.3 Å². The molecule has 0 atom stereocenters. The van der Waals surface area contributed by atoms with Crippen molar-refractivity contribution in [2.45, 2.75) is 0 Å². The van der Waals surface area contributed by atoms with E-state index in [0.29, 0.717) is 5.69 Å². The van der Waals surface area contributed by atoms with Gasteiger partial charge in [0.25, 0.3) is 0 Å². The molecule has 0 saturated heterocycles. The van der Waals surface area contributed by atoms with Crippen LogP contribution in [-0.2, 0) is 0 Å². The van der Waals surface area contributed by atoms with Gasteiger partial charge >= 0.3 is 5.69 Å². The first-order chi connectivity index (χ1) is 6.29. The predicted molar refractivity (Wildman–Crippen MR) is 40.9 cm³/mol. The molecule has 0 radical (unpaired) electrons. The molecule has 0 N–H and O–H groups in total. The van der Waals surface area contributed by atoms with Gasteiger partial charge < -0.3 is 8.94 Å². The van der Waals surface area contributed by atoms with Crippen molar-refractivity contribution in [3.05, 3.63) is 34.8 Å². The lowest BCUT2D eigenvalue weighted by Gasteiger charge is -1.87. The number of nitrogens with zero attached hydrogens (tertiary/aromatic N) is 2. The third-order valence-electron chi connectivity index (χ3n) is 1.51. The van der Waals surface area contributed by atoms with Gasteiger partial charge in [-0.3, -0.25) is 10.1 Å². The van der Waals surface area contributed by atoms with E-state index in [1.807, 2.05) is 0 Å². The lowest BCUT2D eigenvalue weighted by Crippen LogP contribution is -1.87. The van der Waals surface area contributed by atoms with Crippen molar-refractivity contribution < 1.29 is 13.9 Å². The van der Waals surface area contributed by atoms with Gasteiger partial charge in [0, 0.05) is 6.07 Å². The van der Waals surface area contributed by atoms with Crippen LogP contribution in [0.4, 0.5) is 5.69 Å². The van der Waals surface area contributed by atoms with Gasteiger partial charge in [-0.25, -0.2) is 0 Å². The lowest BCUT2D eigenvalue weighted by molar-refractivity contribution is -0.384. The van der Waals surface area contributed by atoms with Gasteiger partial charge in [0.2, 0.25) is 5.76 Å². The fourth-order valence-electron chi connectivity index (χ4n) is 0.968. The molecule has 0 amide bonds. The molecule has 13 heavy (non-hydrogen) atoms. The molecular formula is C7H4N2O4. The van der Waals surface area contributed by atoms with E-state index in [9.17, 15) is 10.1 Å². The summed E-state index contributed by atoms with van der Waals surface area (Å²) in [6, 6.07) is 2.76. The van der Waals surface area contributed by atoms with Gasteiger partial charge in [0.05, 0.1) is 17.3 Å². The Bertz CT molecular complexity index is 417. The van der Waals surface area contributed by atoms with Crippen LogP contribution in [0.5, 0.6) is 0 Å². The number of nitro groups is 1. The zero-order valence-electron chi connectivity index (χ0n) is 6.34. The highest BCUT2D eigenvalue weighted by Crippen LogP contribution is 2.29. The first kappa shape index (κ1) is 7.53. The monoisotopic (exact) mass is 180 g/mol. The van der Waals surface area contributed by atoms with Crippen LogP contribution in [0.15, 0.2) is 33.6 Å². The Morgan fingerprint density at radius 2 is 2.23 bits per heavy atom. The molecule has 0 fully saturated rings. The minimum atomic E-state index is -0.534. The molecule has 0 aromatic carbocycles. The molecule has 2 aromatic heterocycles. The third kappa shape index (κ3) is 1.18. The number of rotatable bonds is 2. The molecule has 0 aliphatic carbocycles. The van der Waals surface area contributed by atoms with Crippen LogP contribution >= 0.6 is 0 Å². The van der Waals surface area contributed by atoms with Crippen LogP contribution < -0.4 is 0 Å². The standard InChI is InChI=1S/C7H4N2O4/c10-9(11)6-2-3-12-7(6)5-1-4-13-8-5/h1-4H. The maximum atomic E-state index is 10.5. The number of aromatic nitrogens is 1. The van der Waals surface area contributed by atoms with Crippen LogP contribution in [0.1, 0.15) is 0 Å². The summed E-state index contributed by atoms with van der Waals surface area (Å²) >= 11 is 0. The van der Waals surface area contributed by atoms with Gasteiger partial charge in [-0.15, -0.1) is 0 Å². The maximum Gasteiger partial charge on any atom is 0.317 e. The van der Waals surface area contributed by atoms with Gasteiger partial charge in [-0.05, 0) is 0 Å². The third-order valence-corrected chi connectivity index (χ3v) is 1.51. The average molecular weight is 180 g/mol. The highest BCUT2D eigenvalue weighted by atomic mass is 16.6. The summed E-state index contributed by atoms with van der Waals surface area (Å²) in [6.45, 7) is 0. The zero-order valence-corrected chi connectivity index (χ0v) is 6.34. The van der Waals surface area contributed by atoms with E-state index < -0.39 is 4.92 Å². The number of hydrogen-bond donors (Lipinski definition) is 0. The second-order valence-corrected chi connectivity index (χ2v) is 2.28. The lowest BCUT2D eigenvalue weighted by atomic mass is 10.3. The SMILES string of the molecule is O=[N+]([O-])c1ccoc1-c1ccon1. The molecule has 0 saturated carbocycles. The van der Waals surface area contributed by atoms with E-state index >= 15 is 0 Å². The Balaban J connectivity index is 2.52. The largest absolute Gasteiger partial charge is 0.455 e. The second kappa shape index (κ2) is 2.74. The Hall–Kier alpha value is -2.11. The van der Waals surface area contributed by atoms with E-state index in [1.165, 1.54) is 24.7 Å². The molecule has 0 aliphatic rings. The van der Waals surface area contributed by atoms with Crippen LogP contribution in [0, 0.1) is 10.1 Å². The highest BCUT2D eigenvalue weighted by Gasteiger charge is 2.20. The summed E-state index contributed by atoms with van der Waals surface area (Å²) < 4.78 is 9.45. The van der Waals surface area contributed by atoms with Crippen molar-refractivity contribution in [1.82, 2.24) is 5.16 Å². The molecule has 0 spiro atoms. The van der Waals surface area contributed by atoms with E-state index in [2.05, 4.69) is 9.68 Å². The summed E-state index contributed by atoms with van der Waals surface area (Å²) in [4.78, 5) is 9.93. The average Bonchev–Trinajstić information content (AvgIpc) is 2.74. The molecule has 66 valence electrons. The predicted octanol–water partition coefficient (Wildman–Crippen LogP) is 1.84. The molecule has 0 bridgehead atoms. The zero-order chi connectivity index (χ0) is 9.26. The molecule has 2 heterocycles. The molecular weight excluding hydrogens is 176 g/mol. The smallest absolute Gasteiger partial charge is 0.317 e. The van der Waals surface area contributed by atoms with Gasteiger partial charge in [0.1, 0.15) is 6.26 Å². The molecule has 2 rings (SSSR count). The van der Waals surface area contributed by atoms with Gasteiger partial charge in [-0.2, -0.15) is 0 Å². The first-order valence-electron chi connectivity index (χ1n) is 3.41. The molecule has 6 nitrogen and oxygen atoms in total. The number of furan rings is 1. The Morgan fingerprint density at radius 1 is 1.38 bits per heavy atom. The molecule has 2 aromatic rings. The van der Waals surface area contributed by atoms with Crippen LogP contribution in [0.25, 0.3) is 11.5 Å².